The Labute approximate surface area is 170 Å². The number of nitrogens with zero attached hydrogens (tertiary/aromatic N) is 4. The van der Waals surface area contributed by atoms with Gasteiger partial charge in [-0.2, -0.15) is 0 Å². The van der Waals surface area contributed by atoms with Crippen LogP contribution in [0.5, 0.6) is 5.88 Å². The van der Waals surface area contributed by atoms with Crippen LogP contribution in [0.25, 0.3) is 0 Å². The van der Waals surface area contributed by atoms with E-state index < -0.39 is 0 Å². The molecule has 0 bridgehead atoms. The first-order valence-corrected chi connectivity index (χ1v) is 10.4. The normalized spacial score (nSPS) is 14.2. The van der Waals surface area contributed by atoms with E-state index in [-0.39, 0.29) is 5.91 Å². The minimum atomic E-state index is 0.101. The Balaban J connectivity index is 1.56. The second-order valence-electron chi connectivity index (χ2n) is 6.28. The molecule has 1 amide bonds. The van der Waals surface area contributed by atoms with E-state index in [0.717, 1.165) is 35.1 Å². The average Bonchev–Trinajstić information content (AvgIpc) is 2.75. The van der Waals surface area contributed by atoms with Crippen LogP contribution in [0.4, 0.5) is 5.82 Å². The summed E-state index contributed by atoms with van der Waals surface area (Å²) in [6, 6.07) is 11.6. The lowest BCUT2D eigenvalue weighted by molar-refractivity contribution is 0.0743. The van der Waals surface area contributed by atoms with Crippen molar-refractivity contribution in [2.45, 2.75) is 11.8 Å². The van der Waals surface area contributed by atoms with Crippen molar-refractivity contribution in [3.05, 3.63) is 42.0 Å². The molecule has 2 heterocycles. The highest BCUT2D eigenvalue weighted by molar-refractivity contribution is 7.99. The molecule has 0 atom stereocenters. The van der Waals surface area contributed by atoms with Gasteiger partial charge in [-0.25, -0.2) is 0 Å². The van der Waals surface area contributed by atoms with Gasteiger partial charge in [0, 0.05) is 44.3 Å². The predicted octanol–water partition coefficient (Wildman–Crippen LogP) is 2.58. The van der Waals surface area contributed by atoms with Crippen LogP contribution in [-0.2, 0) is 4.74 Å². The number of aromatic nitrogens is 2. The maximum Gasteiger partial charge on any atom is 0.255 e. The summed E-state index contributed by atoms with van der Waals surface area (Å²) in [7, 11) is 1.63. The monoisotopic (exact) mass is 402 g/mol. The summed E-state index contributed by atoms with van der Waals surface area (Å²) in [5.41, 5.74) is 0.792. The summed E-state index contributed by atoms with van der Waals surface area (Å²) < 4.78 is 10.4. The molecule has 0 aliphatic carbocycles. The lowest BCUT2D eigenvalue weighted by Gasteiger charge is -2.35. The number of anilines is 1. The van der Waals surface area contributed by atoms with Gasteiger partial charge in [-0.15, -0.1) is 22.0 Å². The number of carbonyl (C=O) groups excluding carboxylic acids is 1. The summed E-state index contributed by atoms with van der Waals surface area (Å²) in [5, 5.41) is 8.36. The van der Waals surface area contributed by atoms with E-state index in [1.165, 1.54) is 0 Å². The molecule has 28 heavy (non-hydrogen) atoms. The van der Waals surface area contributed by atoms with Gasteiger partial charge in [-0.3, -0.25) is 4.79 Å². The van der Waals surface area contributed by atoms with E-state index in [0.29, 0.717) is 32.2 Å². The van der Waals surface area contributed by atoms with Gasteiger partial charge in [-0.1, -0.05) is 19.1 Å². The number of ether oxygens (including phenoxy) is 2. The molecular formula is C20H26N4O3S. The number of hydrogen-bond acceptors (Lipinski definition) is 7. The van der Waals surface area contributed by atoms with Crippen LogP contribution in [0, 0.1) is 0 Å². The molecule has 1 aromatic heterocycles. The third kappa shape index (κ3) is 5.14. The fourth-order valence-electron chi connectivity index (χ4n) is 3.02. The van der Waals surface area contributed by atoms with E-state index in [1.54, 1.807) is 18.9 Å². The molecule has 0 spiro atoms. The standard InChI is InChI=1S/C20H26N4O3S/c1-3-28-17-7-5-4-6-16(17)20(25)24-12-10-23(11-13-24)18-8-9-19(22-21-18)27-15-14-26-2/h4-9H,3,10-15H2,1-2H3. The van der Waals surface area contributed by atoms with Gasteiger partial charge < -0.3 is 19.3 Å². The van der Waals surface area contributed by atoms with E-state index in [2.05, 4.69) is 22.0 Å². The highest BCUT2D eigenvalue weighted by Crippen LogP contribution is 2.24. The lowest BCUT2D eigenvalue weighted by atomic mass is 10.2. The van der Waals surface area contributed by atoms with Gasteiger partial charge in [0.15, 0.2) is 5.82 Å². The van der Waals surface area contributed by atoms with Gasteiger partial charge >= 0.3 is 0 Å². The summed E-state index contributed by atoms with van der Waals surface area (Å²) in [5.74, 6) is 2.33. The number of amides is 1. The third-order valence-electron chi connectivity index (χ3n) is 4.47. The summed E-state index contributed by atoms with van der Waals surface area (Å²) in [6.45, 7) is 5.85. The van der Waals surface area contributed by atoms with Crippen molar-refractivity contribution < 1.29 is 14.3 Å². The Morgan fingerprint density at radius 1 is 1.07 bits per heavy atom. The van der Waals surface area contributed by atoms with Crippen molar-refractivity contribution in [3.63, 3.8) is 0 Å². The predicted molar refractivity (Wildman–Crippen MR) is 110 cm³/mol. The quantitative estimate of drug-likeness (QED) is 0.497. The summed E-state index contributed by atoms with van der Waals surface area (Å²) in [4.78, 5) is 18.1. The van der Waals surface area contributed by atoms with Crippen LogP contribution < -0.4 is 9.64 Å². The molecule has 0 radical (unpaired) electrons. The van der Waals surface area contributed by atoms with Crippen LogP contribution >= 0.6 is 11.8 Å². The van der Waals surface area contributed by atoms with Crippen molar-refractivity contribution in [2.24, 2.45) is 0 Å². The van der Waals surface area contributed by atoms with Crippen molar-refractivity contribution in [1.29, 1.82) is 0 Å². The Bertz CT molecular complexity index is 764. The maximum atomic E-state index is 12.9. The van der Waals surface area contributed by atoms with Gasteiger partial charge in [-0.05, 0) is 24.0 Å². The zero-order valence-corrected chi connectivity index (χ0v) is 17.2. The van der Waals surface area contributed by atoms with Gasteiger partial charge in [0.1, 0.15) is 6.61 Å². The number of hydrogen-bond donors (Lipinski definition) is 0. The van der Waals surface area contributed by atoms with Crippen molar-refractivity contribution in [2.75, 3.05) is 57.2 Å². The van der Waals surface area contributed by atoms with Crippen LogP contribution in [0.1, 0.15) is 17.3 Å². The van der Waals surface area contributed by atoms with E-state index >= 15 is 0 Å². The number of benzene rings is 1. The zero-order valence-electron chi connectivity index (χ0n) is 16.3. The SMILES string of the molecule is CCSc1ccccc1C(=O)N1CCN(c2ccc(OCCOC)nn2)CC1. The highest BCUT2D eigenvalue weighted by Gasteiger charge is 2.24. The smallest absolute Gasteiger partial charge is 0.255 e. The molecule has 150 valence electrons. The maximum absolute atomic E-state index is 12.9. The molecule has 2 aromatic rings. The molecule has 0 saturated carbocycles. The highest BCUT2D eigenvalue weighted by atomic mass is 32.2. The van der Waals surface area contributed by atoms with Gasteiger partial charge in [0.2, 0.25) is 5.88 Å². The van der Waals surface area contributed by atoms with Crippen LogP contribution in [0.3, 0.4) is 0 Å². The van der Waals surface area contributed by atoms with E-state index in [4.69, 9.17) is 9.47 Å². The van der Waals surface area contributed by atoms with Gasteiger partial charge in [0.25, 0.3) is 5.91 Å². The Morgan fingerprint density at radius 3 is 2.54 bits per heavy atom. The first-order chi connectivity index (χ1) is 13.7. The average molecular weight is 403 g/mol. The number of methoxy groups -OCH3 is 1. The second-order valence-corrected chi connectivity index (χ2v) is 7.59. The summed E-state index contributed by atoms with van der Waals surface area (Å²) in [6.07, 6.45) is 0. The topological polar surface area (TPSA) is 67.8 Å². The van der Waals surface area contributed by atoms with Crippen molar-refractivity contribution in [3.8, 4) is 5.88 Å². The summed E-state index contributed by atoms with van der Waals surface area (Å²) >= 11 is 1.70. The molecule has 3 rings (SSSR count). The second kappa shape index (κ2) is 10.3. The van der Waals surface area contributed by atoms with E-state index in [1.807, 2.05) is 41.3 Å². The lowest BCUT2D eigenvalue weighted by Crippen LogP contribution is -2.49. The molecular weight excluding hydrogens is 376 g/mol. The molecule has 1 saturated heterocycles. The molecule has 8 heteroatoms. The fourth-order valence-corrected chi connectivity index (χ4v) is 3.82. The molecule has 0 N–H and O–H groups in total. The minimum absolute atomic E-state index is 0.101. The third-order valence-corrected chi connectivity index (χ3v) is 5.43. The first kappa shape index (κ1) is 20.4. The Hall–Kier alpha value is -2.32. The number of rotatable bonds is 8. The molecule has 1 aromatic carbocycles. The Morgan fingerprint density at radius 2 is 1.86 bits per heavy atom. The van der Waals surface area contributed by atoms with Crippen LogP contribution in [0.2, 0.25) is 0 Å². The Kier molecular flexibility index (Phi) is 7.50. The van der Waals surface area contributed by atoms with Gasteiger partial charge in [0.05, 0.1) is 12.2 Å². The molecule has 1 aliphatic rings. The first-order valence-electron chi connectivity index (χ1n) is 9.44. The number of piperazine rings is 1. The number of thioether (sulfide) groups is 1. The van der Waals surface area contributed by atoms with Crippen molar-refractivity contribution in [1.82, 2.24) is 15.1 Å². The minimum Gasteiger partial charge on any atom is -0.474 e. The van der Waals surface area contributed by atoms with E-state index in [9.17, 15) is 4.79 Å². The largest absolute Gasteiger partial charge is 0.474 e. The number of carbonyl (C=O) groups is 1. The molecule has 1 fully saturated rings. The zero-order chi connectivity index (χ0) is 19.8. The van der Waals surface area contributed by atoms with Crippen LogP contribution in [-0.4, -0.2) is 73.3 Å². The fraction of sp³-hybridized carbons (Fsp3) is 0.450. The molecule has 7 nitrogen and oxygen atoms in total. The van der Waals surface area contributed by atoms with Crippen LogP contribution in [0.15, 0.2) is 41.3 Å². The molecule has 1 aliphatic heterocycles. The molecule has 0 unspecified atom stereocenters. The van der Waals surface area contributed by atoms with Crippen molar-refractivity contribution >= 4 is 23.5 Å².